The van der Waals surface area contributed by atoms with Crippen LogP contribution in [-0.2, 0) is 11.2 Å². The molecule has 2 nitrogen and oxygen atoms in total. The van der Waals surface area contributed by atoms with Crippen LogP contribution in [0.5, 0.6) is 0 Å². The van der Waals surface area contributed by atoms with Crippen LogP contribution in [0.2, 0.25) is 0 Å². The quantitative estimate of drug-likeness (QED) is 0.775. The first kappa shape index (κ1) is 11.1. The van der Waals surface area contributed by atoms with E-state index in [1.165, 1.54) is 15.3 Å². The highest BCUT2D eigenvalue weighted by Crippen LogP contribution is 2.38. The zero-order valence-corrected chi connectivity index (χ0v) is 11.1. The number of aryl methyl sites for hydroxylation is 1. The molecule has 3 rings (SSSR count). The van der Waals surface area contributed by atoms with Crippen LogP contribution in [0.1, 0.15) is 36.7 Å². The maximum Gasteiger partial charge on any atom is 0.160 e. The Morgan fingerprint density at radius 1 is 1.47 bits per heavy atom. The van der Waals surface area contributed by atoms with Crippen molar-refractivity contribution < 1.29 is 9.53 Å². The molecule has 0 radical (unpaired) electrons. The smallest absolute Gasteiger partial charge is 0.160 e. The second-order valence-electron chi connectivity index (χ2n) is 4.08. The molecule has 17 heavy (non-hydrogen) atoms. The van der Waals surface area contributed by atoms with E-state index in [9.17, 15) is 4.79 Å². The van der Waals surface area contributed by atoms with Gasteiger partial charge in [0.1, 0.15) is 6.10 Å². The minimum Gasteiger partial charge on any atom is -0.368 e. The normalized spacial score (nSPS) is 19.0. The molecule has 2 aromatic rings. The number of carbonyl (C=O) groups is 1. The van der Waals surface area contributed by atoms with Crippen LogP contribution in [0.15, 0.2) is 17.5 Å². The van der Waals surface area contributed by atoms with Crippen LogP contribution in [0, 0.1) is 6.92 Å². The molecule has 3 heterocycles. The van der Waals surface area contributed by atoms with Gasteiger partial charge in [0.25, 0.3) is 0 Å². The predicted octanol–water partition coefficient (Wildman–Crippen LogP) is 3.59. The van der Waals surface area contributed by atoms with Crippen molar-refractivity contribution in [1.29, 1.82) is 0 Å². The minimum atomic E-state index is 0.0231. The first-order valence-electron chi connectivity index (χ1n) is 5.53. The van der Waals surface area contributed by atoms with E-state index < -0.39 is 0 Å². The van der Waals surface area contributed by atoms with Crippen LogP contribution in [0.25, 0.3) is 0 Å². The summed E-state index contributed by atoms with van der Waals surface area (Å²) in [5.41, 5.74) is 2.43. The molecule has 4 heteroatoms. The van der Waals surface area contributed by atoms with E-state index in [1.807, 2.05) is 6.07 Å². The van der Waals surface area contributed by atoms with Crippen molar-refractivity contribution >= 4 is 29.0 Å². The van der Waals surface area contributed by atoms with Crippen molar-refractivity contribution in [2.75, 3.05) is 6.61 Å². The molecule has 0 aromatic carbocycles. The van der Waals surface area contributed by atoms with Gasteiger partial charge in [-0.2, -0.15) is 0 Å². The summed E-state index contributed by atoms with van der Waals surface area (Å²) in [6.07, 6.45) is 1.95. The summed E-state index contributed by atoms with van der Waals surface area (Å²) in [5.74, 6) is 0. The number of fused-ring (bicyclic) bond motifs is 1. The third-order valence-corrected chi connectivity index (χ3v) is 5.04. The van der Waals surface area contributed by atoms with Gasteiger partial charge in [-0.15, -0.1) is 22.7 Å². The number of ether oxygens (including phenoxy) is 1. The number of aldehydes is 1. The van der Waals surface area contributed by atoms with Crippen LogP contribution in [0.3, 0.4) is 0 Å². The van der Waals surface area contributed by atoms with Crippen LogP contribution in [0.4, 0.5) is 0 Å². The van der Waals surface area contributed by atoms with Gasteiger partial charge in [0, 0.05) is 16.2 Å². The molecule has 0 saturated carbocycles. The third-order valence-electron chi connectivity index (χ3n) is 3.05. The lowest BCUT2D eigenvalue weighted by Gasteiger charge is -2.23. The average molecular weight is 264 g/mol. The largest absolute Gasteiger partial charge is 0.368 e. The zero-order valence-electron chi connectivity index (χ0n) is 9.43. The highest BCUT2D eigenvalue weighted by molar-refractivity contribution is 7.13. The Balaban J connectivity index is 2.06. The number of hydrogen-bond acceptors (Lipinski definition) is 4. The molecule has 2 aromatic heterocycles. The maximum atomic E-state index is 10.8. The van der Waals surface area contributed by atoms with Gasteiger partial charge in [0.2, 0.25) is 0 Å². The summed E-state index contributed by atoms with van der Waals surface area (Å²) in [7, 11) is 0. The number of thiophene rings is 2. The highest BCUT2D eigenvalue weighted by atomic mass is 32.1. The van der Waals surface area contributed by atoms with E-state index in [2.05, 4.69) is 18.4 Å². The lowest BCUT2D eigenvalue weighted by Crippen LogP contribution is -2.15. The monoisotopic (exact) mass is 264 g/mol. The maximum absolute atomic E-state index is 10.8. The predicted molar refractivity (Wildman–Crippen MR) is 70.3 cm³/mol. The van der Waals surface area contributed by atoms with E-state index >= 15 is 0 Å². The van der Waals surface area contributed by atoms with E-state index in [0.717, 1.165) is 29.8 Å². The van der Waals surface area contributed by atoms with E-state index in [1.54, 1.807) is 22.7 Å². The second kappa shape index (κ2) is 4.37. The van der Waals surface area contributed by atoms with Gasteiger partial charge in [-0.25, -0.2) is 0 Å². The average Bonchev–Trinajstić information content (AvgIpc) is 2.94. The first-order chi connectivity index (χ1) is 8.29. The molecule has 0 saturated heterocycles. The SMILES string of the molecule is Cc1sc(C=O)cc1C1OCCc2sccc21. The van der Waals surface area contributed by atoms with Gasteiger partial charge in [-0.1, -0.05) is 0 Å². The Kier molecular flexibility index (Phi) is 2.86. The van der Waals surface area contributed by atoms with Crippen LogP contribution < -0.4 is 0 Å². The van der Waals surface area contributed by atoms with E-state index in [4.69, 9.17) is 4.74 Å². The topological polar surface area (TPSA) is 26.3 Å². The van der Waals surface area contributed by atoms with Gasteiger partial charge in [0.15, 0.2) is 6.29 Å². The van der Waals surface area contributed by atoms with Crippen LogP contribution >= 0.6 is 22.7 Å². The number of hydrogen-bond donors (Lipinski definition) is 0. The molecule has 0 spiro atoms. The third kappa shape index (κ3) is 1.86. The molecule has 1 unspecified atom stereocenters. The number of carbonyl (C=O) groups excluding carboxylic acids is 1. The summed E-state index contributed by atoms with van der Waals surface area (Å²) < 4.78 is 5.88. The standard InChI is InChI=1S/C13H12O2S2/c1-8-11(6-9(7-14)17-8)13-10-3-5-16-12(10)2-4-15-13/h3,5-7,13H,2,4H2,1H3. The van der Waals surface area contributed by atoms with E-state index in [0.29, 0.717) is 0 Å². The van der Waals surface area contributed by atoms with Crippen molar-refractivity contribution in [3.8, 4) is 0 Å². The fourth-order valence-electron chi connectivity index (χ4n) is 2.24. The highest BCUT2D eigenvalue weighted by Gasteiger charge is 2.25. The molecule has 88 valence electrons. The fourth-order valence-corrected chi connectivity index (χ4v) is 4.00. The van der Waals surface area contributed by atoms with Gasteiger partial charge >= 0.3 is 0 Å². The molecule has 0 aliphatic carbocycles. The van der Waals surface area contributed by atoms with Crippen molar-refractivity contribution in [2.24, 2.45) is 0 Å². The van der Waals surface area contributed by atoms with Crippen LogP contribution in [-0.4, -0.2) is 12.9 Å². The Morgan fingerprint density at radius 3 is 3.12 bits per heavy atom. The molecule has 0 amide bonds. The summed E-state index contributed by atoms with van der Waals surface area (Å²) in [6, 6.07) is 4.10. The van der Waals surface area contributed by atoms with E-state index in [-0.39, 0.29) is 6.10 Å². The molecule has 1 aliphatic heterocycles. The Hall–Kier alpha value is -0.970. The van der Waals surface area contributed by atoms with Crippen molar-refractivity contribution in [3.05, 3.63) is 43.3 Å². The molecule has 0 bridgehead atoms. The molecular weight excluding hydrogens is 252 g/mol. The lowest BCUT2D eigenvalue weighted by atomic mass is 9.99. The minimum absolute atomic E-state index is 0.0231. The fraction of sp³-hybridized carbons (Fsp3) is 0.308. The molecule has 0 fully saturated rings. The Bertz CT molecular complexity index is 554. The first-order valence-corrected chi connectivity index (χ1v) is 7.22. The zero-order chi connectivity index (χ0) is 11.8. The van der Waals surface area contributed by atoms with Gasteiger partial charge in [-0.3, -0.25) is 4.79 Å². The molecule has 1 aliphatic rings. The van der Waals surface area contributed by atoms with Gasteiger partial charge < -0.3 is 4.74 Å². The van der Waals surface area contributed by atoms with Gasteiger partial charge in [-0.05, 0) is 35.6 Å². The Labute approximate surface area is 108 Å². The van der Waals surface area contributed by atoms with Crippen molar-refractivity contribution in [1.82, 2.24) is 0 Å². The number of rotatable bonds is 2. The van der Waals surface area contributed by atoms with Crippen molar-refractivity contribution in [2.45, 2.75) is 19.4 Å². The summed E-state index contributed by atoms with van der Waals surface area (Å²) >= 11 is 3.34. The summed E-state index contributed by atoms with van der Waals surface area (Å²) in [6.45, 7) is 2.82. The molecule has 1 atom stereocenters. The summed E-state index contributed by atoms with van der Waals surface area (Å²) in [4.78, 5) is 14.2. The Morgan fingerprint density at radius 2 is 2.35 bits per heavy atom. The summed E-state index contributed by atoms with van der Waals surface area (Å²) in [5, 5.41) is 2.12. The second-order valence-corrected chi connectivity index (χ2v) is 6.37. The molecule has 0 N–H and O–H groups in total. The lowest BCUT2D eigenvalue weighted by molar-refractivity contribution is 0.0711. The van der Waals surface area contributed by atoms with Crippen molar-refractivity contribution in [3.63, 3.8) is 0 Å². The molecular formula is C13H12O2S2. The van der Waals surface area contributed by atoms with Gasteiger partial charge in [0.05, 0.1) is 11.5 Å².